The van der Waals surface area contributed by atoms with E-state index < -0.39 is 0 Å². The first-order valence-corrected chi connectivity index (χ1v) is 14.1. The van der Waals surface area contributed by atoms with Crippen molar-refractivity contribution < 1.29 is 15.3 Å². The molecule has 1 heterocycles. The van der Waals surface area contributed by atoms with Crippen molar-refractivity contribution in [2.45, 2.75) is 6.17 Å². The van der Waals surface area contributed by atoms with E-state index in [4.69, 9.17) is 0 Å². The summed E-state index contributed by atoms with van der Waals surface area (Å²) in [5.41, 5.74) is 2.16. The monoisotopic (exact) mass is 692 g/mol. The van der Waals surface area contributed by atoms with Gasteiger partial charge >= 0.3 is 0 Å². The van der Waals surface area contributed by atoms with Gasteiger partial charge in [0.15, 0.2) is 0 Å². The van der Waals surface area contributed by atoms with Gasteiger partial charge in [-0.3, -0.25) is 19.8 Å². The van der Waals surface area contributed by atoms with Gasteiger partial charge in [-0.15, -0.1) is 0 Å². The molecule has 0 radical (unpaired) electrons. The van der Waals surface area contributed by atoms with Gasteiger partial charge in [0.25, 0.3) is 0 Å². The predicted octanol–water partition coefficient (Wildman–Crippen LogP) is 5.95. The fourth-order valence-electron chi connectivity index (χ4n) is 4.28. The summed E-state index contributed by atoms with van der Waals surface area (Å²) >= 11 is 10.3. The lowest BCUT2D eigenvalue weighted by Crippen LogP contribution is -2.33. The molecular formula is C27H27Br3N4O3. The molecule has 0 spiro atoms. The number of aromatic hydroxyl groups is 3. The number of phenolic OH excluding ortho intramolecular Hbond substituents is 3. The maximum absolute atomic E-state index is 10.7. The molecule has 0 saturated carbocycles. The highest BCUT2D eigenvalue weighted by molar-refractivity contribution is 9.11. The third-order valence-electron chi connectivity index (χ3n) is 6.11. The molecule has 0 atom stereocenters. The van der Waals surface area contributed by atoms with Crippen LogP contribution >= 0.6 is 47.8 Å². The summed E-state index contributed by atoms with van der Waals surface area (Å²) in [5, 5.41) is 30.8. The Morgan fingerprint density at radius 3 is 1.62 bits per heavy atom. The van der Waals surface area contributed by atoms with Crippen LogP contribution in [0.4, 0.5) is 0 Å². The Hall–Kier alpha value is -2.24. The summed E-state index contributed by atoms with van der Waals surface area (Å²) in [7, 11) is 0. The molecule has 0 bridgehead atoms. The maximum Gasteiger partial charge on any atom is 0.124 e. The summed E-state index contributed by atoms with van der Waals surface area (Å²) in [5.74, 6) is 0.615. The second kappa shape index (κ2) is 13.0. The smallest absolute Gasteiger partial charge is 0.124 e. The van der Waals surface area contributed by atoms with E-state index in [0.29, 0.717) is 37.3 Å². The van der Waals surface area contributed by atoms with Crippen LogP contribution in [0.25, 0.3) is 0 Å². The molecule has 1 saturated heterocycles. The molecule has 1 aliphatic rings. The van der Waals surface area contributed by atoms with Gasteiger partial charge in [-0.25, -0.2) is 0 Å². The minimum atomic E-state index is -0.114. The van der Waals surface area contributed by atoms with Crippen molar-refractivity contribution in [2.24, 2.45) is 9.98 Å². The minimum absolute atomic E-state index is 0.114. The van der Waals surface area contributed by atoms with E-state index in [0.717, 1.165) is 32.1 Å². The lowest BCUT2D eigenvalue weighted by Gasteiger charge is -2.30. The SMILES string of the molecule is Oc1ccc(Br)cc1C=NCCN1CCN(CCN=Cc2cc(Br)ccc2O)C1c1ccc(Br)cc1O. The Balaban J connectivity index is 1.44. The first-order chi connectivity index (χ1) is 17.8. The number of halogens is 3. The molecule has 0 unspecified atom stereocenters. The van der Waals surface area contributed by atoms with Gasteiger partial charge in [0.2, 0.25) is 0 Å². The standard InChI is InChI=1S/C27H27Br3N4O3/c28-20-2-5-24(35)18(13-20)16-31-7-9-33-11-12-34(27(33)23-4-1-22(30)15-26(23)37)10-8-32-17-19-14-21(29)3-6-25(19)36/h1-6,13-17,27,35-37H,7-12H2. The number of rotatable bonds is 9. The van der Waals surface area contributed by atoms with E-state index >= 15 is 0 Å². The maximum atomic E-state index is 10.7. The van der Waals surface area contributed by atoms with Gasteiger partial charge in [0, 0.05) is 68.7 Å². The molecule has 37 heavy (non-hydrogen) atoms. The zero-order valence-corrected chi connectivity index (χ0v) is 24.7. The molecule has 3 aromatic rings. The molecule has 0 aliphatic carbocycles. The van der Waals surface area contributed by atoms with Gasteiger partial charge in [-0.1, -0.05) is 53.9 Å². The molecule has 3 N–H and O–H groups in total. The van der Waals surface area contributed by atoms with Crippen LogP contribution in [0.3, 0.4) is 0 Å². The zero-order valence-electron chi connectivity index (χ0n) is 19.9. The van der Waals surface area contributed by atoms with Gasteiger partial charge in [0.1, 0.15) is 17.2 Å². The summed E-state index contributed by atoms with van der Waals surface area (Å²) in [4.78, 5) is 13.7. The van der Waals surface area contributed by atoms with Crippen LogP contribution in [0.15, 0.2) is 78.0 Å². The number of hydrogen-bond donors (Lipinski definition) is 3. The lowest BCUT2D eigenvalue weighted by atomic mass is 10.1. The Bertz CT molecular complexity index is 1230. The van der Waals surface area contributed by atoms with Crippen LogP contribution in [0, 0.1) is 0 Å². The number of benzene rings is 3. The first-order valence-electron chi connectivity index (χ1n) is 11.7. The van der Waals surface area contributed by atoms with Gasteiger partial charge in [-0.2, -0.15) is 0 Å². The zero-order chi connectivity index (χ0) is 26.4. The van der Waals surface area contributed by atoms with E-state index in [9.17, 15) is 15.3 Å². The van der Waals surface area contributed by atoms with Crippen molar-refractivity contribution >= 4 is 60.2 Å². The molecule has 0 aromatic heterocycles. The molecule has 1 aliphatic heterocycles. The van der Waals surface area contributed by atoms with Crippen molar-refractivity contribution in [3.05, 3.63) is 84.7 Å². The van der Waals surface area contributed by atoms with Crippen LogP contribution in [-0.2, 0) is 0 Å². The normalized spacial score (nSPS) is 16.9. The molecule has 3 aromatic carbocycles. The minimum Gasteiger partial charge on any atom is -0.508 e. The Morgan fingerprint density at radius 2 is 1.14 bits per heavy atom. The van der Waals surface area contributed by atoms with E-state index in [1.54, 1.807) is 42.8 Å². The summed E-state index contributed by atoms with van der Waals surface area (Å²) in [6.07, 6.45) is 3.26. The second-order valence-electron chi connectivity index (χ2n) is 8.63. The predicted molar refractivity (Wildman–Crippen MR) is 158 cm³/mol. The highest BCUT2D eigenvalue weighted by Gasteiger charge is 2.34. The Morgan fingerprint density at radius 1 is 0.676 bits per heavy atom. The largest absolute Gasteiger partial charge is 0.508 e. The van der Waals surface area contributed by atoms with E-state index in [1.807, 2.05) is 24.3 Å². The molecule has 1 fully saturated rings. The van der Waals surface area contributed by atoms with Crippen LogP contribution in [0.1, 0.15) is 22.9 Å². The third kappa shape index (κ3) is 7.42. The lowest BCUT2D eigenvalue weighted by molar-refractivity contribution is 0.140. The van der Waals surface area contributed by atoms with E-state index in [-0.39, 0.29) is 23.4 Å². The summed E-state index contributed by atoms with van der Waals surface area (Å²) in [6.45, 7) is 4.14. The molecule has 4 rings (SSSR count). The topological polar surface area (TPSA) is 91.9 Å². The van der Waals surface area contributed by atoms with Crippen LogP contribution in [-0.4, -0.2) is 76.8 Å². The van der Waals surface area contributed by atoms with E-state index in [1.165, 1.54) is 0 Å². The van der Waals surface area contributed by atoms with Crippen molar-refractivity contribution in [1.82, 2.24) is 9.80 Å². The Labute approximate surface area is 241 Å². The second-order valence-corrected chi connectivity index (χ2v) is 11.4. The molecule has 10 heteroatoms. The highest BCUT2D eigenvalue weighted by Crippen LogP contribution is 2.36. The number of nitrogens with zero attached hydrogens (tertiary/aromatic N) is 4. The summed E-state index contributed by atoms with van der Waals surface area (Å²) in [6, 6.07) is 16.1. The van der Waals surface area contributed by atoms with Crippen molar-refractivity contribution in [3.63, 3.8) is 0 Å². The van der Waals surface area contributed by atoms with Crippen molar-refractivity contribution in [2.75, 3.05) is 39.3 Å². The number of phenols is 3. The van der Waals surface area contributed by atoms with Gasteiger partial charge < -0.3 is 15.3 Å². The van der Waals surface area contributed by atoms with Crippen LogP contribution in [0.2, 0.25) is 0 Å². The fourth-order valence-corrected chi connectivity index (χ4v) is 5.39. The average Bonchev–Trinajstić information content (AvgIpc) is 3.26. The van der Waals surface area contributed by atoms with Gasteiger partial charge in [0.05, 0.1) is 19.3 Å². The van der Waals surface area contributed by atoms with Crippen molar-refractivity contribution in [3.8, 4) is 17.2 Å². The van der Waals surface area contributed by atoms with Crippen molar-refractivity contribution in [1.29, 1.82) is 0 Å². The van der Waals surface area contributed by atoms with Gasteiger partial charge in [-0.05, 0) is 48.5 Å². The van der Waals surface area contributed by atoms with E-state index in [2.05, 4.69) is 67.6 Å². The highest BCUT2D eigenvalue weighted by atomic mass is 79.9. The number of hydrogen-bond acceptors (Lipinski definition) is 7. The average molecular weight is 695 g/mol. The third-order valence-corrected chi connectivity index (χ3v) is 7.59. The number of aliphatic imine (C=N–C) groups is 2. The molecule has 194 valence electrons. The molecular weight excluding hydrogens is 668 g/mol. The summed E-state index contributed by atoms with van der Waals surface area (Å²) < 4.78 is 2.58. The molecule has 0 amide bonds. The first kappa shape index (κ1) is 27.8. The van der Waals surface area contributed by atoms with Crippen LogP contribution < -0.4 is 0 Å². The fraction of sp³-hybridized carbons (Fsp3) is 0.259. The molecule has 7 nitrogen and oxygen atoms in total. The van der Waals surface area contributed by atoms with Crippen LogP contribution in [0.5, 0.6) is 17.2 Å². The Kier molecular flexibility index (Phi) is 9.77. The quantitative estimate of drug-likeness (QED) is 0.241.